The highest BCUT2D eigenvalue weighted by Crippen LogP contribution is 2.41. The van der Waals surface area contributed by atoms with Crippen LogP contribution in [0.2, 0.25) is 5.02 Å². The molecule has 5 heteroatoms. The fourth-order valence-corrected chi connectivity index (χ4v) is 5.18. The molecule has 0 radical (unpaired) electrons. The van der Waals surface area contributed by atoms with Gasteiger partial charge in [0.05, 0.1) is 0 Å². The van der Waals surface area contributed by atoms with Gasteiger partial charge in [0.2, 0.25) is 0 Å². The van der Waals surface area contributed by atoms with E-state index < -0.39 is 0 Å². The van der Waals surface area contributed by atoms with E-state index in [4.69, 9.17) is 11.6 Å². The quantitative estimate of drug-likeness (QED) is 0.841. The summed E-state index contributed by atoms with van der Waals surface area (Å²) >= 11 is 8.29. The second kappa shape index (κ2) is 6.88. The Morgan fingerprint density at radius 2 is 2.17 bits per heavy atom. The van der Waals surface area contributed by atoms with Crippen LogP contribution in [0.3, 0.4) is 0 Å². The number of piperidine rings is 1. The number of thioether (sulfide) groups is 1. The molecule has 0 aliphatic carbocycles. The highest BCUT2D eigenvalue weighted by molar-refractivity contribution is 7.99. The number of nitrogens with zero attached hydrogens (tertiary/aromatic N) is 2. The zero-order valence-electron chi connectivity index (χ0n) is 13.2. The van der Waals surface area contributed by atoms with Gasteiger partial charge in [-0.3, -0.25) is 10.00 Å². The van der Waals surface area contributed by atoms with Crippen molar-refractivity contribution in [3.05, 3.63) is 46.7 Å². The second-order valence-corrected chi connectivity index (χ2v) is 8.11. The van der Waals surface area contributed by atoms with Crippen LogP contribution in [0.4, 0.5) is 0 Å². The van der Waals surface area contributed by atoms with Gasteiger partial charge in [0.25, 0.3) is 0 Å². The second-order valence-electron chi connectivity index (χ2n) is 6.53. The van der Waals surface area contributed by atoms with Gasteiger partial charge >= 0.3 is 0 Å². The van der Waals surface area contributed by atoms with E-state index in [-0.39, 0.29) is 0 Å². The lowest BCUT2D eigenvalue weighted by atomic mass is 9.91. The van der Waals surface area contributed by atoms with Gasteiger partial charge in [-0.1, -0.05) is 11.6 Å². The standard InChI is InChI=1S/C18H22ClN3S/c19-14-5-6-18-15(11-14)17(4-2-10-23-18)22-9-1-3-13(12-22)16-7-8-20-21-16/h5-8,11,13,17H,1-4,9-10,12H2,(H,20,21). The molecule has 3 heterocycles. The smallest absolute Gasteiger partial charge is 0.0490 e. The molecule has 23 heavy (non-hydrogen) atoms. The van der Waals surface area contributed by atoms with Crippen molar-refractivity contribution in [2.75, 3.05) is 18.8 Å². The Morgan fingerprint density at radius 1 is 1.22 bits per heavy atom. The minimum atomic E-state index is 0.504. The summed E-state index contributed by atoms with van der Waals surface area (Å²) in [4.78, 5) is 4.09. The SMILES string of the molecule is Clc1ccc2c(c1)C(N1CCCC(c3ccn[nH]3)C1)CCCS2. The average molecular weight is 348 g/mol. The van der Waals surface area contributed by atoms with Crippen LogP contribution in [0.15, 0.2) is 35.4 Å². The zero-order valence-corrected chi connectivity index (χ0v) is 14.7. The fraction of sp³-hybridized carbons (Fsp3) is 0.500. The van der Waals surface area contributed by atoms with E-state index in [9.17, 15) is 0 Å². The Bertz CT molecular complexity index is 658. The van der Waals surface area contributed by atoms with Crippen LogP contribution >= 0.6 is 23.4 Å². The summed E-state index contributed by atoms with van der Waals surface area (Å²) in [6.07, 6.45) is 6.88. The molecule has 1 aromatic carbocycles. The fourth-order valence-electron chi connectivity index (χ4n) is 3.94. The van der Waals surface area contributed by atoms with Crippen molar-refractivity contribution in [3.63, 3.8) is 0 Å². The first-order chi connectivity index (χ1) is 11.3. The third-order valence-electron chi connectivity index (χ3n) is 5.07. The van der Waals surface area contributed by atoms with Gasteiger partial charge in [0.1, 0.15) is 0 Å². The van der Waals surface area contributed by atoms with E-state index in [0.717, 1.165) is 11.6 Å². The van der Waals surface area contributed by atoms with Gasteiger partial charge in [-0.2, -0.15) is 5.10 Å². The molecule has 2 aliphatic heterocycles. The summed E-state index contributed by atoms with van der Waals surface area (Å²) in [6.45, 7) is 2.30. The van der Waals surface area contributed by atoms with E-state index in [0.29, 0.717) is 12.0 Å². The number of benzene rings is 1. The van der Waals surface area contributed by atoms with Crippen molar-refractivity contribution in [2.24, 2.45) is 0 Å². The Kier molecular flexibility index (Phi) is 4.65. The number of aromatic nitrogens is 2. The topological polar surface area (TPSA) is 31.9 Å². The first kappa shape index (κ1) is 15.6. The molecular weight excluding hydrogens is 326 g/mol. The van der Waals surface area contributed by atoms with Crippen LogP contribution in [-0.4, -0.2) is 33.9 Å². The Hall–Kier alpha value is -0.970. The molecule has 1 aromatic heterocycles. The molecule has 1 N–H and O–H groups in total. The number of fused-ring (bicyclic) bond motifs is 1. The summed E-state index contributed by atoms with van der Waals surface area (Å²) < 4.78 is 0. The van der Waals surface area contributed by atoms with Crippen LogP contribution < -0.4 is 0 Å². The van der Waals surface area contributed by atoms with Crippen molar-refractivity contribution < 1.29 is 0 Å². The summed E-state index contributed by atoms with van der Waals surface area (Å²) in [5, 5.41) is 8.16. The molecule has 0 bridgehead atoms. The molecule has 4 rings (SSSR count). The third kappa shape index (κ3) is 3.30. The summed E-state index contributed by atoms with van der Waals surface area (Å²) in [5.74, 6) is 1.79. The molecule has 0 amide bonds. The minimum Gasteiger partial charge on any atom is -0.296 e. The number of hydrogen-bond donors (Lipinski definition) is 1. The van der Waals surface area contributed by atoms with Crippen LogP contribution in [0, 0.1) is 0 Å². The first-order valence-electron chi connectivity index (χ1n) is 8.47. The van der Waals surface area contributed by atoms with E-state index in [1.807, 2.05) is 24.0 Å². The van der Waals surface area contributed by atoms with Crippen molar-refractivity contribution in [2.45, 2.75) is 42.5 Å². The molecular formula is C18H22ClN3S. The van der Waals surface area contributed by atoms with Gasteiger partial charge < -0.3 is 0 Å². The monoisotopic (exact) mass is 347 g/mol. The van der Waals surface area contributed by atoms with E-state index in [2.05, 4.69) is 33.3 Å². The van der Waals surface area contributed by atoms with E-state index in [1.165, 1.54) is 54.1 Å². The maximum atomic E-state index is 6.30. The number of likely N-dealkylation sites (tertiary alicyclic amines) is 1. The number of nitrogens with one attached hydrogen (secondary N) is 1. The minimum absolute atomic E-state index is 0.504. The van der Waals surface area contributed by atoms with Gasteiger partial charge in [-0.05, 0) is 67.8 Å². The number of hydrogen-bond acceptors (Lipinski definition) is 3. The lowest BCUT2D eigenvalue weighted by Gasteiger charge is -2.38. The highest BCUT2D eigenvalue weighted by atomic mass is 35.5. The number of aromatic amines is 1. The zero-order chi connectivity index (χ0) is 15.6. The van der Waals surface area contributed by atoms with Crippen molar-refractivity contribution in [1.82, 2.24) is 15.1 Å². The van der Waals surface area contributed by atoms with Gasteiger partial charge in [-0.25, -0.2) is 0 Å². The number of H-pyrrole nitrogens is 1. The maximum absolute atomic E-state index is 6.30. The van der Waals surface area contributed by atoms with Gasteiger partial charge in [0, 0.05) is 40.3 Å². The van der Waals surface area contributed by atoms with Crippen LogP contribution in [0.1, 0.15) is 48.9 Å². The summed E-state index contributed by atoms with van der Waals surface area (Å²) in [5.41, 5.74) is 2.72. The van der Waals surface area contributed by atoms with E-state index in [1.54, 1.807) is 0 Å². The molecule has 3 nitrogen and oxygen atoms in total. The molecule has 1 fully saturated rings. The first-order valence-corrected chi connectivity index (χ1v) is 9.83. The van der Waals surface area contributed by atoms with E-state index >= 15 is 0 Å². The molecule has 0 spiro atoms. The lowest BCUT2D eigenvalue weighted by molar-refractivity contribution is 0.138. The summed E-state index contributed by atoms with van der Waals surface area (Å²) in [7, 11) is 0. The van der Waals surface area contributed by atoms with Crippen molar-refractivity contribution >= 4 is 23.4 Å². The van der Waals surface area contributed by atoms with Crippen LogP contribution in [0.25, 0.3) is 0 Å². The molecule has 122 valence electrons. The predicted molar refractivity (Wildman–Crippen MR) is 96.3 cm³/mol. The van der Waals surface area contributed by atoms with Crippen LogP contribution in [0.5, 0.6) is 0 Å². The van der Waals surface area contributed by atoms with Gasteiger partial charge in [0.15, 0.2) is 0 Å². The highest BCUT2D eigenvalue weighted by Gasteiger charge is 2.30. The largest absolute Gasteiger partial charge is 0.296 e. The lowest BCUT2D eigenvalue weighted by Crippen LogP contribution is -2.37. The number of rotatable bonds is 2. The molecule has 2 aromatic rings. The summed E-state index contributed by atoms with van der Waals surface area (Å²) in [6, 6.07) is 9.06. The van der Waals surface area contributed by atoms with Crippen molar-refractivity contribution in [3.8, 4) is 0 Å². The molecule has 0 saturated carbocycles. The Morgan fingerprint density at radius 3 is 3.04 bits per heavy atom. The Labute approximate surface area is 146 Å². The Balaban J connectivity index is 1.60. The normalized spacial score (nSPS) is 25.8. The van der Waals surface area contributed by atoms with Crippen LogP contribution in [-0.2, 0) is 0 Å². The third-order valence-corrected chi connectivity index (χ3v) is 6.48. The molecule has 1 saturated heterocycles. The molecule has 2 aliphatic rings. The molecule has 2 unspecified atom stereocenters. The van der Waals surface area contributed by atoms with Gasteiger partial charge in [-0.15, -0.1) is 11.8 Å². The maximum Gasteiger partial charge on any atom is 0.0490 e. The van der Waals surface area contributed by atoms with Crippen molar-refractivity contribution in [1.29, 1.82) is 0 Å². The molecule has 2 atom stereocenters. The average Bonchev–Trinajstić information content (AvgIpc) is 3.03. The predicted octanol–water partition coefficient (Wildman–Crippen LogP) is 4.87. The number of halogens is 1.